The Balaban J connectivity index is 2.81. The van der Waals surface area contributed by atoms with Crippen molar-refractivity contribution in [1.82, 2.24) is 4.98 Å². The highest BCUT2D eigenvalue weighted by atomic mass is 16.5. The lowest BCUT2D eigenvalue weighted by Crippen LogP contribution is -1.90. The lowest BCUT2D eigenvalue weighted by molar-refractivity contribution is 0.404. The molecule has 0 N–H and O–H groups in total. The largest absolute Gasteiger partial charge is 0.496 e. The Bertz CT molecular complexity index is 415. The summed E-state index contributed by atoms with van der Waals surface area (Å²) in [5, 5.41) is 1.98. The molecule has 2 aromatic rings. The van der Waals surface area contributed by atoms with Gasteiger partial charge in [0, 0.05) is 11.6 Å². The van der Waals surface area contributed by atoms with Crippen LogP contribution in [0.3, 0.4) is 0 Å². The molecule has 0 aliphatic carbocycles. The van der Waals surface area contributed by atoms with Crippen LogP contribution in [0.5, 0.6) is 11.5 Å². The highest BCUT2D eigenvalue weighted by Gasteiger charge is 2.06. The fourth-order valence-corrected chi connectivity index (χ4v) is 1.49. The van der Waals surface area contributed by atoms with E-state index in [0.717, 1.165) is 22.3 Å². The fraction of sp³-hybridized carbons (Fsp3) is 0.182. The van der Waals surface area contributed by atoms with Crippen molar-refractivity contribution >= 4 is 10.8 Å². The molecule has 0 aliphatic heterocycles. The molecule has 0 radical (unpaired) electrons. The summed E-state index contributed by atoms with van der Waals surface area (Å²) in [6.07, 6.45) is 3.48. The van der Waals surface area contributed by atoms with Crippen molar-refractivity contribution < 1.29 is 9.47 Å². The minimum atomic E-state index is 0.736. The van der Waals surface area contributed by atoms with Gasteiger partial charge in [-0.3, -0.25) is 4.98 Å². The molecule has 0 amide bonds. The number of pyridine rings is 1. The van der Waals surface area contributed by atoms with Gasteiger partial charge in [-0.15, -0.1) is 0 Å². The lowest BCUT2D eigenvalue weighted by Gasteiger charge is -2.08. The van der Waals surface area contributed by atoms with Crippen molar-refractivity contribution in [3.8, 4) is 11.5 Å². The Morgan fingerprint density at radius 3 is 2.50 bits per heavy atom. The number of rotatable bonds is 2. The smallest absolute Gasteiger partial charge is 0.148 e. The summed E-state index contributed by atoms with van der Waals surface area (Å²) in [5.74, 6) is 1.54. The number of methoxy groups -OCH3 is 2. The van der Waals surface area contributed by atoms with Crippen LogP contribution in [0.25, 0.3) is 10.8 Å². The van der Waals surface area contributed by atoms with Crippen LogP contribution in [0, 0.1) is 0 Å². The Labute approximate surface area is 82.3 Å². The highest BCUT2D eigenvalue weighted by Crippen LogP contribution is 2.32. The third-order valence-corrected chi connectivity index (χ3v) is 2.15. The van der Waals surface area contributed by atoms with Gasteiger partial charge in [0.05, 0.1) is 25.8 Å². The molecule has 0 saturated carbocycles. The van der Waals surface area contributed by atoms with Crippen molar-refractivity contribution in [3.05, 3.63) is 30.6 Å². The molecule has 0 fully saturated rings. The van der Waals surface area contributed by atoms with Gasteiger partial charge in [0.15, 0.2) is 0 Å². The second kappa shape index (κ2) is 3.54. The summed E-state index contributed by atoms with van der Waals surface area (Å²) in [5.41, 5.74) is 0. The third kappa shape index (κ3) is 1.27. The molecule has 0 unspecified atom stereocenters. The van der Waals surface area contributed by atoms with Gasteiger partial charge >= 0.3 is 0 Å². The molecule has 0 atom stereocenters. The number of ether oxygens (including phenoxy) is 2. The van der Waals surface area contributed by atoms with Gasteiger partial charge in [0.2, 0.25) is 0 Å². The summed E-state index contributed by atoms with van der Waals surface area (Å²) < 4.78 is 10.5. The molecule has 1 aromatic heterocycles. The van der Waals surface area contributed by atoms with E-state index in [4.69, 9.17) is 9.47 Å². The molecular weight excluding hydrogens is 178 g/mol. The predicted octanol–water partition coefficient (Wildman–Crippen LogP) is 2.25. The zero-order valence-corrected chi connectivity index (χ0v) is 8.15. The van der Waals surface area contributed by atoms with Crippen LogP contribution in [0.15, 0.2) is 30.6 Å². The fourth-order valence-electron chi connectivity index (χ4n) is 1.49. The average molecular weight is 189 g/mol. The van der Waals surface area contributed by atoms with Gasteiger partial charge in [-0.05, 0) is 6.07 Å². The highest BCUT2D eigenvalue weighted by molar-refractivity contribution is 5.92. The van der Waals surface area contributed by atoms with Gasteiger partial charge in [0.25, 0.3) is 0 Å². The summed E-state index contributed by atoms with van der Waals surface area (Å²) in [6.45, 7) is 0. The van der Waals surface area contributed by atoms with E-state index < -0.39 is 0 Å². The quantitative estimate of drug-likeness (QED) is 0.726. The molecule has 2 rings (SSSR count). The first-order chi connectivity index (χ1) is 6.86. The Kier molecular flexibility index (Phi) is 2.23. The Hall–Kier alpha value is -1.77. The maximum atomic E-state index is 5.26. The summed E-state index contributed by atoms with van der Waals surface area (Å²) in [6, 6.07) is 5.82. The molecule has 0 spiro atoms. The standard InChI is InChI=1S/C11H11NO2/c1-13-9-5-3-4-8-6-12-7-10(14-2)11(8)9/h3-7H,1-2H3. The van der Waals surface area contributed by atoms with Crippen LogP contribution in [0.2, 0.25) is 0 Å². The summed E-state index contributed by atoms with van der Waals surface area (Å²) >= 11 is 0. The van der Waals surface area contributed by atoms with E-state index in [1.54, 1.807) is 26.6 Å². The Morgan fingerprint density at radius 1 is 1.00 bits per heavy atom. The minimum Gasteiger partial charge on any atom is -0.496 e. The number of benzene rings is 1. The average Bonchev–Trinajstić information content (AvgIpc) is 2.27. The number of hydrogen-bond acceptors (Lipinski definition) is 3. The number of nitrogens with zero attached hydrogens (tertiary/aromatic N) is 1. The zero-order valence-electron chi connectivity index (χ0n) is 8.15. The van der Waals surface area contributed by atoms with Gasteiger partial charge in [-0.2, -0.15) is 0 Å². The van der Waals surface area contributed by atoms with Gasteiger partial charge < -0.3 is 9.47 Å². The topological polar surface area (TPSA) is 31.4 Å². The normalized spacial score (nSPS) is 10.1. The van der Waals surface area contributed by atoms with Gasteiger partial charge in [-0.25, -0.2) is 0 Å². The minimum absolute atomic E-state index is 0.736. The van der Waals surface area contributed by atoms with E-state index in [1.165, 1.54) is 0 Å². The predicted molar refractivity (Wildman–Crippen MR) is 54.8 cm³/mol. The summed E-state index contributed by atoms with van der Waals surface area (Å²) in [4.78, 5) is 4.08. The number of fused-ring (bicyclic) bond motifs is 1. The van der Waals surface area contributed by atoms with Crippen LogP contribution in [0.1, 0.15) is 0 Å². The monoisotopic (exact) mass is 189 g/mol. The van der Waals surface area contributed by atoms with Crippen molar-refractivity contribution in [3.63, 3.8) is 0 Å². The molecule has 14 heavy (non-hydrogen) atoms. The van der Waals surface area contributed by atoms with E-state index >= 15 is 0 Å². The second-order valence-corrected chi connectivity index (χ2v) is 2.90. The van der Waals surface area contributed by atoms with E-state index in [-0.39, 0.29) is 0 Å². The molecule has 0 bridgehead atoms. The molecular formula is C11H11NO2. The zero-order chi connectivity index (χ0) is 9.97. The molecule has 0 saturated heterocycles. The maximum Gasteiger partial charge on any atom is 0.148 e. The van der Waals surface area contributed by atoms with Crippen molar-refractivity contribution in [2.24, 2.45) is 0 Å². The Morgan fingerprint density at radius 2 is 1.79 bits per heavy atom. The van der Waals surface area contributed by atoms with Crippen LogP contribution >= 0.6 is 0 Å². The first-order valence-corrected chi connectivity index (χ1v) is 4.31. The van der Waals surface area contributed by atoms with Crippen molar-refractivity contribution in [2.75, 3.05) is 14.2 Å². The van der Waals surface area contributed by atoms with Crippen LogP contribution in [-0.4, -0.2) is 19.2 Å². The van der Waals surface area contributed by atoms with Crippen LogP contribution < -0.4 is 9.47 Å². The third-order valence-electron chi connectivity index (χ3n) is 2.15. The summed E-state index contributed by atoms with van der Waals surface area (Å²) in [7, 11) is 3.28. The molecule has 0 aliphatic rings. The van der Waals surface area contributed by atoms with E-state index in [1.807, 2.05) is 18.2 Å². The lowest BCUT2D eigenvalue weighted by atomic mass is 10.1. The van der Waals surface area contributed by atoms with Gasteiger partial charge in [-0.1, -0.05) is 12.1 Å². The maximum absolute atomic E-state index is 5.26. The van der Waals surface area contributed by atoms with Crippen molar-refractivity contribution in [1.29, 1.82) is 0 Å². The van der Waals surface area contributed by atoms with Crippen molar-refractivity contribution in [2.45, 2.75) is 0 Å². The van der Waals surface area contributed by atoms with E-state index in [0.29, 0.717) is 0 Å². The van der Waals surface area contributed by atoms with Crippen LogP contribution in [-0.2, 0) is 0 Å². The number of aromatic nitrogens is 1. The van der Waals surface area contributed by atoms with Crippen LogP contribution in [0.4, 0.5) is 0 Å². The molecule has 1 heterocycles. The SMILES string of the molecule is COc1cccc2cncc(OC)c12. The first kappa shape index (κ1) is 8.81. The molecule has 72 valence electrons. The number of hydrogen-bond donors (Lipinski definition) is 0. The molecule has 3 nitrogen and oxygen atoms in total. The van der Waals surface area contributed by atoms with E-state index in [9.17, 15) is 0 Å². The first-order valence-electron chi connectivity index (χ1n) is 4.31. The van der Waals surface area contributed by atoms with Gasteiger partial charge in [0.1, 0.15) is 11.5 Å². The molecule has 1 aromatic carbocycles. The second-order valence-electron chi connectivity index (χ2n) is 2.90. The van der Waals surface area contributed by atoms with E-state index in [2.05, 4.69) is 4.98 Å². The molecule has 3 heteroatoms.